The third-order valence-electron chi connectivity index (χ3n) is 5.43. The molecule has 4 heterocycles. The van der Waals surface area contributed by atoms with Crippen LogP contribution in [-0.2, 0) is 32.4 Å². The maximum absolute atomic E-state index is 4.41. The average molecular weight is 499 g/mol. The van der Waals surface area contributed by atoms with Crippen molar-refractivity contribution >= 4 is 29.9 Å². The molecule has 0 saturated heterocycles. The van der Waals surface area contributed by atoms with Crippen molar-refractivity contribution in [2.45, 2.75) is 70.5 Å². The van der Waals surface area contributed by atoms with Crippen LogP contribution in [0.1, 0.15) is 49.6 Å². The molecule has 9 nitrogen and oxygen atoms in total. The van der Waals surface area contributed by atoms with Crippen molar-refractivity contribution in [2.24, 2.45) is 4.99 Å². The monoisotopic (exact) mass is 499 g/mol. The molecule has 0 aromatic carbocycles. The summed E-state index contributed by atoms with van der Waals surface area (Å²) in [7, 11) is 1.82. The average Bonchev–Trinajstić information content (AvgIpc) is 3.24. The Hall–Kier alpha value is -1.72. The van der Waals surface area contributed by atoms with Crippen LogP contribution >= 0.6 is 24.0 Å². The maximum Gasteiger partial charge on any atom is 0.191 e. The minimum atomic E-state index is 0. The first kappa shape index (κ1) is 21.0. The number of aromatic nitrogens is 6. The van der Waals surface area contributed by atoms with Gasteiger partial charge >= 0.3 is 0 Å². The highest BCUT2D eigenvalue weighted by atomic mass is 127. The van der Waals surface area contributed by atoms with Gasteiger partial charge in [-0.1, -0.05) is 6.42 Å². The molecule has 2 aliphatic rings. The van der Waals surface area contributed by atoms with Crippen molar-refractivity contribution in [3.05, 3.63) is 23.8 Å². The van der Waals surface area contributed by atoms with Crippen molar-refractivity contribution < 1.29 is 0 Å². The molecule has 1 unspecified atom stereocenters. The summed E-state index contributed by atoms with van der Waals surface area (Å²) >= 11 is 0. The van der Waals surface area contributed by atoms with Gasteiger partial charge in [-0.25, -0.2) is 9.67 Å². The van der Waals surface area contributed by atoms with E-state index in [-0.39, 0.29) is 24.0 Å². The van der Waals surface area contributed by atoms with Gasteiger partial charge in [-0.05, 0) is 25.7 Å². The van der Waals surface area contributed by atoms with Gasteiger partial charge in [0.2, 0.25) is 0 Å². The first-order valence-electron chi connectivity index (χ1n) is 10.1. The number of halogens is 1. The molecule has 28 heavy (non-hydrogen) atoms. The van der Waals surface area contributed by atoms with Gasteiger partial charge in [0.05, 0.1) is 6.54 Å². The molecule has 2 aromatic heterocycles. The Balaban J connectivity index is 0.00000225. The van der Waals surface area contributed by atoms with Crippen LogP contribution in [0.3, 0.4) is 0 Å². The van der Waals surface area contributed by atoms with Crippen molar-refractivity contribution in [3.8, 4) is 0 Å². The fraction of sp³-hybridized carbons (Fsp3) is 0.722. The Bertz CT molecular complexity index is 782. The zero-order valence-corrected chi connectivity index (χ0v) is 18.8. The molecule has 0 amide bonds. The minimum absolute atomic E-state index is 0. The quantitative estimate of drug-likeness (QED) is 0.279. The van der Waals surface area contributed by atoms with Gasteiger partial charge in [0.1, 0.15) is 23.8 Å². The number of fused-ring (bicyclic) bond motifs is 2. The van der Waals surface area contributed by atoms with E-state index < -0.39 is 0 Å². The molecule has 0 bridgehead atoms. The summed E-state index contributed by atoms with van der Waals surface area (Å²) in [5, 5.41) is 20.0. The Labute approximate surface area is 182 Å². The molecule has 10 heteroatoms. The van der Waals surface area contributed by atoms with Gasteiger partial charge in [-0.3, -0.25) is 4.99 Å². The standard InChI is InChI=1S/C18H29N9.HI/c1-19-18(23-14-8-9-15-21-13-22-27(15)12-14)20-10-5-7-17-25-24-16-6-3-2-4-11-26(16)17;/h13-14H,2-12H2,1H3,(H2,19,20,23);1H. The Morgan fingerprint density at radius 2 is 2.14 bits per heavy atom. The molecule has 0 radical (unpaired) electrons. The van der Waals surface area contributed by atoms with Gasteiger partial charge in [0, 0.05) is 45.4 Å². The number of rotatable bonds is 5. The van der Waals surface area contributed by atoms with E-state index in [0.29, 0.717) is 6.04 Å². The lowest BCUT2D eigenvalue weighted by Crippen LogP contribution is -2.47. The summed E-state index contributed by atoms with van der Waals surface area (Å²) in [6, 6.07) is 0.331. The fourth-order valence-electron chi connectivity index (χ4n) is 3.93. The SMILES string of the molecule is CN=C(NCCCc1nnc2n1CCCCC2)NC1CCc2ncnn2C1.I. The maximum atomic E-state index is 4.41. The molecule has 2 aromatic rings. The topological polar surface area (TPSA) is 97.8 Å². The van der Waals surface area contributed by atoms with Crippen LogP contribution < -0.4 is 10.6 Å². The Morgan fingerprint density at radius 3 is 3.04 bits per heavy atom. The number of guanidine groups is 1. The molecule has 4 rings (SSSR count). The van der Waals surface area contributed by atoms with Crippen molar-refractivity contribution in [1.82, 2.24) is 40.2 Å². The first-order chi connectivity index (χ1) is 13.3. The van der Waals surface area contributed by atoms with E-state index in [9.17, 15) is 0 Å². The Morgan fingerprint density at radius 1 is 1.21 bits per heavy atom. The second-order valence-corrected chi connectivity index (χ2v) is 7.34. The number of aliphatic imine (C=N–C) groups is 1. The summed E-state index contributed by atoms with van der Waals surface area (Å²) in [6.45, 7) is 2.77. The van der Waals surface area contributed by atoms with Gasteiger partial charge in [0.25, 0.3) is 0 Å². The second kappa shape index (κ2) is 10.2. The summed E-state index contributed by atoms with van der Waals surface area (Å²) in [6.07, 6.45) is 10.4. The molecular weight excluding hydrogens is 469 g/mol. The summed E-state index contributed by atoms with van der Waals surface area (Å²) in [5.74, 6) is 4.22. The second-order valence-electron chi connectivity index (χ2n) is 7.34. The highest BCUT2D eigenvalue weighted by molar-refractivity contribution is 14.0. The van der Waals surface area contributed by atoms with E-state index >= 15 is 0 Å². The van der Waals surface area contributed by atoms with Crippen LogP contribution in [-0.4, -0.2) is 55.1 Å². The molecule has 0 spiro atoms. The van der Waals surface area contributed by atoms with E-state index in [1.165, 1.54) is 19.3 Å². The van der Waals surface area contributed by atoms with Crippen molar-refractivity contribution in [2.75, 3.05) is 13.6 Å². The summed E-state index contributed by atoms with van der Waals surface area (Å²) in [4.78, 5) is 8.64. The molecule has 0 aliphatic carbocycles. The highest BCUT2D eigenvalue weighted by Crippen LogP contribution is 2.15. The van der Waals surface area contributed by atoms with E-state index in [0.717, 1.165) is 75.2 Å². The highest BCUT2D eigenvalue weighted by Gasteiger charge is 2.20. The summed E-state index contributed by atoms with van der Waals surface area (Å²) in [5.41, 5.74) is 0. The largest absolute Gasteiger partial charge is 0.356 e. The molecular formula is C18H30IN9. The molecule has 0 saturated carbocycles. The third kappa shape index (κ3) is 5.00. The third-order valence-corrected chi connectivity index (χ3v) is 5.43. The lowest BCUT2D eigenvalue weighted by atomic mass is 10.1. The zero-order chi connectivity index (χ0) is 18.5. The lowest BCUT2D eigenvalue weighted by Gasteiger charge is -2.25. The molecule has 154 valence electrons. The number of nitrogens with one attached hydrogen (secondary N) is 2. The predicted molar refractivity (Wildman–Crippen MR) is 118 cm³/mol. The lowest BCUT2D eigenvalue weighted by molar-refractivity contribution is 0.392. The number of aryl methyl sites for hydroxylation is 3. The Kier molecular flexibility index (Phi) is 7.63. The van der Waals surface area contributed by atoms with E-state index in [1.54, 1.807) is 6.33 Å². The number of nitrogens with zero attached hydrogens (tertiary/aromatic N) is 7. The van der Waals surface area contributed by atoms with Crippen LogP contribution in [0.5, 0.6) is 0 Å². The van der Waals surface area contributed by atoms with Crippen molar-refractivity contribution in [1.29, 1.82) is 0 Å². The normalized spacial score (nSPS) is 19.2. The number of hydrogen-bond acceptors (Lipinski definition) is 5. The first-order valence-corrected chi connectivity index (χ1v) is 10.1. The molecule has 2 aliphatic heterocycles. The van der Waals surface area contributed by atoms with E-state index in [1.807, 2.05) is 11.7 Å². The fourth-order valence-corrected chi connectivity index (χ4v) is 3.93. The van der Waals surface area contributed by atoms with Crippen LogP contribution in [0.2, 0.25) is 0 Å². The van der Waals surface area contributed by atoms with Gasteiger partial charge < -0.3 is 15.2 Å². The molecule has 2 N–H and O–H groups in total. The smallest absolute Gasteiger partial charge is 0.191 e. The van der Waals surface area contributed by atoms with Crippen LogP contribution in [0, 0.1) is 0 Å². The van der Waals surface area contributed by atoms with Crippen molar-refractivity contribution in [3.63, 3.8) is 0 Å². The summed E-state index contributed by atoms with van der Waals surface area (Å²) < 4.78 is 4.31. The number of hydrogen-bond donors (Lipinski definition) is 2. The predicted octanol–water partition coefficient (Wildman–Crippen LogP) is 1.33. The van der Waals surface area contributed by atoms with Gasteiger partial charge in [-0.15, -0.1) is 34.2 Å². The minimum Gasteiger partial charge on any atom is -0.356 e. The van der Waals surface area contributed by atoms with Crippen LogP contribution in [0.25, 0.3) is 0 Å². The van der Waals surface area contributed by atoms with Gasteiger partial charge in [-0.2, -0.15) is 5.10 Å². The van der Waals surface area contributed by atoms with Crippen LogP contribution in [0.4, 0.5) is 0 Å². The molecule has 1 atom stereocenters. The van der Waals surface area contributed by atoms with E-state index in [4.69, 9.17) is 0 Å². The van der Waals surface area contributed by atoms with E-state index in [2.05, 4.69) is 40.5 Å². The van der Waals surface area contributed by atoms with Crippen LogP contribution in [0.15, 0.2) is 11.3 Å². The zero-order valence-electron chi connectivity index (χ0n) is 16.5. The van der Waals surface area contributed by atoms with Gasteiger partial charge in [0.15, 0.2) is 5.96 Å². The molecule has 0 fully saturated rings.